The lowest BCUT2D eigenvalue weighted by molar-refractivity contribution is -0.129. The minimum atomic E-state index is -0.443. The molecule has 0 aromatic heterocycles. The molecule has 4 rings (SSSR count). The van der Waals surface area contributed by atoms with Crippen LogP contribution in [0, 0.1) is 11.3 Å². The summed E-state index contributed by atoms with van der Waals surface area (Å²) in [6.07, 6.45) is 2.54. The van der Waals surface area contributed by atoms with Gasteiger partial charge in [0.05, 0.1) is 21.3 Å². The number of Topliss-reactive ketones (excluding diaryl/α,β-unsaturated/α-hetero) is 1. The van der Waals surface area contributed by atoms with Gasteiger partial charge in [-0.1, -0.05) is 37.3 Å². The van der Waals surface area contributed by atoms with Crippen molar-refractivity contribution in [2.45, 2.75) is 32.6 Å². The number of nitrogens with one attached hydrogen (secondary N) is 1. The molecule has 1 fully saturated rings. The van der Waals surface area contributed by atoms with E-state index >= 15 is 0 Å². The van der Waals surface area contributed by atoms with Crippen LogP contribution in [-0.2, 0) is 16.0 Å². The van der Waals surface area contributed by atoms with E-state index in [1.165, 1.54) is 0 Å². The standard InChI is InChI=1S/C29H33NO5/c1-29(28(32)30-2)11-10-22(17-29)24(31)13-18-6-7-20-14-21(9-8-19(20)12-18)23-15-25(33-3)27(35-5)26(16-23)34-4/h6-9,12,14-16,22H,10-11,13,17H2,1-5H3,(H,30,32). The van der Waals surface area contributed by atoms with Gasteiger partial charge in [0, 0.05) is 24.8 Å². The quantitative estimate of drug-likeness (QED) is 0.485. The van der Waals surface area contributed by atoms with Crippen LogP contribution in [0.4, 0.5) is 0 Å². The van der Waals surface area contributed by atoms with Crippen molar-refractivity contribution in [3.8, 4) is 28.4 Å². The summed E-state index contributed by atoms with van der Waals surface area (Å²) < 4.78 is 16.4. The molecule has 35 heavy (non-hydrogen) atoms. The lowest BCUT2D eigenvalue weighted by atomic mass is 9.85. The highest BCUT2D eigenvalue weighted by atomic mass is 16.5. The van der Waals surface area contributed by atoms with Gasteiger partial charge in [0.1, 0.15) is 5.78 Å². The van der Waals surface area contributed by atoms with E-state index in [2.05, 4.69) is 35.6 Å². The summed E-state index contributed by atoms with van der Waals surface area (Å²) in [6, 6.07) is 16.3. The van der Waals surface area contributed by atoms with Crippen molar-refractivity contribution < 1.29 is 23.8 Å². The summed E-state index contributed by atoms with van der Waals surface area (Å²) in [7, 11) is 6.46. The van der Waals surface area contributed by atoms with E-state index in [4.69, 9.17) is 14.2 Å². The smallest absolute Gasteiger partial charge is 0.225 e. The van der Waals surface area contributed by atoms with Crippen molar-refractivity contribution in [1.29, 1.82) is 0 Å². The first-order chi connectivity index (χ1) is 16.8. The van der Waals surface area contributed by atoms with Gasteiger partial charge in [-0.2, -0.15) is 0 Å². The molecule has 3 aromatic rings. The van der Waals surface area contributed by atoms with Crippen LogP contribution < -0.4 is 19.5 Å². The van der Waals surface area contributed by atoms with E-state index in [1.807, 2.05) is 25.1 Å². The maximum atomic E-state index is 13.0. The summed E-state index contributed by atoms with van der Waals surface area (Å²) in [5.74, 6) is 1.96. The molecule has 1 aliphatic rings. The number of ketones is 1. The van der Waals surface area contributed by atoms with Crippen molar-refractivity contribution in [2.75, 3.05) is 28.4 Å². The van der Waals surface area contributed by atoms with Crippen LogP contribution in [0.2, 0.25) is 0 Å². The van der Waals surface area contributed by atoms with Crippen molar-refractivity contribution in [2.24, 2.45) is 11.3 Å². The molecule has 0 saturated heterocycles. The van der Waals surface area contributed by atoms with Gasteiger partial charge in [-0.3, -0.25) is 9.59 Å². The Kier molecular flexibility index (Phi) is 7.01. The van der Waals surface area contributed by atoms with E-state index in [1.54, 1.807) is 28.4 Å². The molecule has 1 aliphatic carbocycles. The summed E-state index contributed by atoms with van der Waals surface area (Å²) >= 11 is 0. The lowest BCUT2D eigenvalue weighted by Crippen LogP contribution is -2.35. The van der Waals surface area contributed by atoms with E-state index < -0.39 is 5.41 Å². The average Bonchev–Trinajstić information content (AvgIpc) is 3.30. The fourth-order valence-electron chi connectivity index (χ4n) is 5.20. The van der Waals surface area contributed by atoms with Crippen molar-refractivity contribution in [1.82, 2.24) is 5.32 Å². The Balaban J connectivity index is 1.54. The van der Waals surface area contributed by atoms with Crippen LogP contribution in [-0.4, -0.2) is 40.1 Å². The summed E-state index contributed by atoms with van der Waals surface area (Å²) in [5.41, 5.74) is 2.54. The highest BCUT2D eigenvalue weighted by Crippen LogP contribution is 2.43. The number of fused-ring (bicyclic) bond motifs is 1. The second-order valence-electron chi connectivity index (χ2n) is 9.53. The van der Waals surface area contributed by atoms with Gasteiger partial charge in [-0.25, -0.2) is 0 Å². The first kappa shape index (κ1) is 24.6. The molecule has 6 heteroatoms. The van der Waals surface area contributed by atoms with E-state index in [-0.39, 0.29) is 17.6 Å². The topological polar surface area (TPSA) is 73.9 Å². The molecular weight excluding hydrogens is 442 g/mol. The number of carbonyl (C=O) groups is 2. The highest BCUT2D eigenvalue weighted by Gasteiger charge is 2.42. The molecular formula is C29H33NO5. The third kappa shape index (κ3) is 4.83. The first-order valence-corrected chi connectivity index (χ1v) is 11.9. The highest BCUT2D eigenvalue weighted by molar-refractivity contribution is 5.91. The number of ether oxygens (including phenoxy) is 3. The zero-order chi connectivity index (χ0) is 25.2. The summed E-state index contributed by atoms with van der Waals surface area (Å²) in [5, 5.41) is 4.90. The number of amides is 1. The second-order valence-corrected chi connectivity index (χ2v) is 9.53. The van der Waals surface area contributed by atoms with Crippen LogP contribution in [0.15, 0.2) is 48.5 Å². The minimum Gasteiger partial charge on any atom is -0.493 e. The maximum absolute atomic E-state index is 13.0. The molecule has 184 valence electrons. The Labute approximate surface area is 206 Å². The molecule has 6 nitrogen and oxygen atoms in total. The zero-order valence-corrected chi connectivity index (χ0v) is 21.1. The molecule has 1 saturated carbocycles. The van der Waals surface area contributed by atoms with Crippen LogP contribution in [0.3, 0.4) is 0 Å². The lowest BCUT2D eigenvalue weighted by Gasteiger charge is -2.21. The Morgan fingerprint density at radius 2 is 1.57 bits per heavy atom. The van der Waals surface area contributed by atoms with Gasteiger partial charge in [-0.05, 0) is 64.9 Å². The van der Waals surface area contributed by atoms with Crippen molar-refractivity contribution >= 4 is 22.5 Å². The van der Waals surface area contributed by atoms with Crippen LogP contribution in [0.25, 0.3) is 21.9 Å². The Hall–Kier alpha value is -3.54. The maximum Gasteiger partial charge on any atom is 0.225 e. The average molecular weight is 476 g/mol. The molecule has 1 amide bonds. The number of rotatable bonds is 8. The monoisotopic (exact) mass is 475 g/mol. The molecule has 0 radical (unpaired) electrons. The molecule has 1 N–H and O–H groups in total. The molecule has 2 unspecified atom stereocenters. The van der Waals surface area contributed by atoms with Gasteiger partial charge >= 0.3 is 0 Å². The van der Waals surface area contributed by atoms with E-state index in [0.717, 1.165) is 40.3 Å². The van der Waals surface area contributed by atoms with Gasteiger partial charge < -0.3 is 19.5 Å². The largest absolute Gasteiger partial charge is 0.493 e. The normalized spacial score (nSPS) is 19.4. The zero-order valence-electron chi connectivity index (χ0n) is 21.1. The first-order valence-electron chi connectivity index (χ1n) is 11.9. The Morgan fingerprint density at radius 3 is 2.20 bits per heavy atom. The fraction of sp³-hybridized carbons (Fsp3) is 0.379. The van der Waals surface area contributed by atoms with Crippen LogP contribution >= 0.6 is 0 Å². The number of benzene rings is 3. The van der Waals surface area contributed by atoms with Gasteiger partial charge in [0.25, 0.3) is 0 Å². The van der Waals surface area contributed by atoms with Crippen molar-refractivity contribution in [3.63, 3.8) is 0 Å². The van der Waals surface area contributed by atoms with E-state index in [9.17, 15) is 9.59 Å². The Morgan fingerprint density at radius 1 is 0.914 bits per heavy atom. The number of carbonyl (C=O) groups excluding carboxylic acids is 2. The van der Waals surface area contributed by atoms with Gasteiger partial charge in [0.15, 0.2) is 11.5 Å². The SMILES string of the molecule is CNC(=O)C1(C)CCC(C(=O)Cc2ccc3cc(-c4cc(OC)c(OC)c(OC)c4)ccc3c2)C1. The minimum absolute atomic E-state index is 0.0291. The molecule has 0 bridgehead atoms. The third-order valence-electron chi connectivity index (χ3n) is 7.25. The number of methoxy groups -OCH3 is 3. The molecule has 0 aliphatic heterocycles. The van der Waals surface area contributed by atoms with Crippen molar-refractivity contribution in [3.05, 3.63) is 54.1 Å². The summed E-state index contributed by atoms with van der Waals surface area (Å²) in [6.45, 7) is 1.96. The van der Waals surface area contributed by atoms with Gasteiger partial charge in [0.2, 0.25) is 11.7 Å². The molecule has 2 atom stereocenters. The molecule has 0 spiro atoms. The van der Waals surface area contributed by atoms with E-state index in [0.29, 0.717) is 30.1 Å². The third-order valence-corrected chi connectivity index (χ3v) is 7.25. The predicted molar refractivity (Wildman–Crippen MR) is 137 cm³/mol. The fourth-order valence-corrected chi connectivity index (χ4v) is 5.20. The van der Waals surface area contributed by atoms with Crippen LogP contribution in [0.1, 0.15) is 31.7 Å². The molecule has 3 aromatic carbocycles. The van der Waals surface area contributed by atoms with Crippen LogP contribution in [0.5, 0.6) is 17.2 Å². The summed E-state index contributed by atoms with van der Waals surface area (Å²) in [4.78, 5) is 25.2. The predicted octanol–water partition coefficient (Wildman–Crippen LogP) is 5.20. The van der Waals surface area contributed by atoms with Gasteiger partial charge in [-0.15, -0.1) is 0 Å². The number of hydrogen-bond donors (Lipinski definition) is 1. The second kappa shape index (κ2) is 9.98. The number of hydrogen-bond acceptors (Lipinski definition) is 5. The molecule has 0 heterocycles. The Bertz CT molecular complexity index is 1240.